The third kappa shape index (κ3) is 2.98. The van der Waals surface area contributed by atoms with Gasteiger partial charge in [0.05, 0.1) is 12.2 Å². The number of ether oxygens (including phenoxy) is 1. The Morgan fingerprint density at radius 2 is 2.00 bits per heavy atom. The summed E-state index contributed by atoms with van der Waals surface area (Å²) >= 11 is 0. The van der Waals surface area contributed by atoms with Gasteiger partial charge in [-0.15, -0.1) is 0 Å². The number of nitrogens with one attached hydrogen (secondary N) is 1. The van der Waals surface area contributed by atoms with Gasteiger partial charge in [-0.1, -0.05) is 30.3 Å². The predicted octanol–water partition coefficient (Wildman–Crippen LogP) is 3.37. The highest BCUT2D eigenvalue weighted by Crippen LogP contribution is 2.28. The van der Waals surface area contributed by atoms with Gasteiger partial charge >= 0.3 is 6.09 Å². The van der Waals surface area contributed by atoms with Crippen LogP contribution in [0.25, 0.3) is 11.3 Å². The van der Waals surface area contributed by atoms with Crippen molar-refractivity contribution < 1.29 is 9.53 Å². The molecule has 0 atom stereocenters. The molecule has 5 heteroatoms. The van der Waals surface area contributed by atoms with E-state index in [1.54, 1.807) is 4.90 Å². The summed E-state index contributed by atoms with van der Waals surface area (Å²) in [5, 5.41) is 7.54. The van der Waals surface area contributed by atoms with Crippen molar-refractivity contribution in [3.05, 3.63) is 41.6 Å². The number of benzene rings is 1. The molecule has 0 bridgehead atoms. The Labute approximate surface area is 130 Å². The standard InChI is InChI=1S/C17H21N3O2/c1-17(2,3)22-16(21)20-10-9-14-13(11-20)15(19-18-14)12-7-5-4-6-8-12/h4-8H,9-11H2,1-3H3,(H,18,19). The average Bonchev–Trinajstić information content (AvgIpc) is 2.89. The Morgan fingerprint density at radius 1 is 1.27 bits per heavy atom. The molecule has 0 fully saturated rings. The lowest BCUT2D eigenvalue weighted by molar-refractivity contribution is 0.0224. The first-order valence-corrected chi connectivity index (χ1v) is 7.53. The first-order valence-electron chi connectivity index (χ1n) is 7.53. The second-order valence-corrected chi connectivity index (χ2v) is 6.55. The van der Waals surface area contributed by atoms with Gasteiger partial charge in [-0.2, -0.15) is 5.10 Å². The van der Waals surface area contributed by atoms with E-state index in [0.29, 0.717) is 13.1 Å². The molecular weight excluding hydrogens is 278 g/mol. The number of aromatic nitrogens is 2. The van der Waals surface area contributed by atoms with Crippen LogP contribution in [0.2, 0.25) is 0 Å². The molecule has 0 radical (unpaired) electrons. The molecule has 0 spiro atoms. The highest BCUT2D eigenvalue weighted by atomic mass is 16.6. The number of aromatic amines is 1. The molecule has 116 valence electrons. The summed E-state index contributed by atoms with van der Waals surface area (Å²) in [4.78, 5) is 14.0. The van der Waals surface area contributed by atoms with Crippen molar-refractivity contribution in [2.45, 2.75) is 39.3 Å². The van der Waals surface area contributed by atoms with E-state index in [1.807, 2.05) is 51.1 Å². The minimum Gasteiger partial charge on any atom is -0.444 e. The molecule has 0 saturated carbocycles. The summed E-state index contributed by atoms with van der Waals surface area (Å²) in [7, 11) is 0. The lowest BCUT2D eigenvalue weighted by atomic mass is 10.0. The van der Waals surface area contributed by atoms with Gasteiger partial charge in [-0.05, 0) is 20.8 Å². The zero-order valence-corrected chi connectivity index (χ0v) is 13.2. The Balaban J connectivity index is 1.83. The van der Waals surface area contributed by atoms with Crippen molar-refractivity contribution in [1.29, 1.82) is 0 Å². The molecule has 0 unspecified atom stereocenters. The summed E-state index contributed by atoms with van der Waals surface area (Å²) in [6, 6.07) is 10.0. The monoisotopic (exact) mass is 299 g/mol. The topological polar surface area (TPSA) is 58.2 Å². The third-order valence-electron chi connectivity index (χ3n) is 3.63. The Morgan fingerprint density at radius 3 is 2.68 bits per heavy atom. The minimum atomic E-state index is -0.476. The first kappa shape index (κ1) is 14.6. The molecule has 0 aliphatic carbocycles. The molecule has 1 N–H and O–H groups in total. The van der Waals surface area contributed by atoms with E-state index in [-0.39, 0.29) is 6.09 Å². The molecule has 2 aromatic rings. The van der Waals surface area contributed by atoms with Gasteiger partial charge in [-0.25, -0.2) is 4.79 Å². The molecule has 1 aliphatic heterocycles. The first-order chi connectivity index (χ1) is 10.4. The zero-order chi connectivity index (χ0) is 15.7. The van der Waals surface area contributed by atoms with Crippen molar-refractivity contribution in [2.24, 2.45) is 0 Å². The van der Waals surface area contributed by atoms with E-state index in [1.165, 1.54) is 0 Å². The van der Waals surface area contributed by atoms with E-state index in [4.69, 9.17) is 4.74 Å². The molecule has 3 rings (SSSR count). The SMILES string of the molecule is CC(C)(C)OC(=O)N1CCc2[nH]nc(-c3ccccc3)c2C1. The summed E-state index contributed by atoms with van der Waals surface area (Å²) in [5.74, 6) is 0. The fourth-order valence-electron chi connectivity index (χ4n) is 2.61. The van der Waals surface area contributed by atoms with Crippen LogP contribution in [0.4, 0.5) is 4.79 Å². The van der Waals surface area contributed by atoms with Crippen LogP contribution in [0.1, 0.15) is 32.0 Å². The lowest BCUT2D eigenvalue weighted by Gasteiger charge is -2.30. The Bertz CT molecular complexity index is 671. The highest BCUT2D eigenvalue weighted by molar-refractivity contribution is 5.70. The number of carbonyl (C=O) groups is 1. The molecule has 2 heterocycles. The van der Waals surface area contributed by atoms with Crippen LogP contribution >= 0.6 is 0 Å². The number of H-pyrrole nitrogens is 1. The zero-order valence-electron chi connectivity index (χ0n) is 13.2. The fourth-order valence-corrected chi connectivity index (χ4v) is 2.61. The number of fused-ring (bicyclic) bond motifs is 1. The largest absolute Gasteiger partial charge is 0.444 e. The quantitative estimate of drug-likeness (QED) is 0.878. The molecule has 1 aliphatic rings. The third-order valence-corrected chi connectivity index (χ3v) is 3.63. The van der Waals surface area contributed by atoms with E-state index in [0.717, 1.165) is 28.9 Å². The molecule has 1 aromatic carbocycles. The van der Waals surface area contributed by atoms with Crippen LogP contribution in [0, 0.1) is 0 Å². The summed E-state index contributed by atoms with van der Waals surface area (Å²) in [5.41, 5.74) is 3.70. The van der Waals surface area contributed by atoms with Gasteiger partial charge in [0, 0.05) is 29.8 Å². The van der Waals surface area contributed by atoms with Gasteiger partial charge in [-0.3, -0.25) is 5.10 Å². The summed E-state index contributed by atoms with van der Waals surface area (Å²) in [6.07, 6.45) is 0.507. The number of amides is 1. The van der Waals surface area contributed by atoms with Crippen molar-refractivity contribution >= 4 is 6.09 Å². The second kappa shape index (κ2) is 5.48. The van der Waals surface area contributed by atoms with Crippen molar-refractivity contribution in [1.82, 2.24) is 15.1 Å². The van der Waals surface area contributed by atoms with Crippen molar-refractivity contribution in [3.8, 4) is 11.3 Å². The van der Waals surface area contributed by atoms with E-state index in [2.05, 4.69) is 10.2 Å². The van der Waals surface area contributed by atoms with Gasteiger partial charge in [0.15, 0.2) is 0 Å². The van der Waals surface area contributed by atoms with Crippen LogP contribution in [0.5, 0.6) is 0 Å². The van der Waals surface area contributed by atoms with Crippen LogP contribution in [0.15, 0.2) is 30.3 Å². The number of carbonyl (C=O) groups excluding carboxylic acids is 1. The molecule has 1 aromatic heterocycles. The van der Waals surface area contributed by atoms with Gasteiger partial charge in [0.2, 0.25) is 0 Å². The Hall–Kier alpha value is -2.30. The maximum atomic E-state index is 12.3. The molecular formula is C17H21N3O2. The van der Waals surface area contributed by atoms with Crippen LogP contribution in [-0.4, -0.2) is 33.3 Å². The van der Waals surface area contributed by atoms with Gasteiger partial charge < -0.3 is 9.64 Å². The summed E-state index contributed by atoms with van der Waals surface area (Å²) < 4.78 is 5.47. The van der Waals surface area contributed by atoms with Gasteiger partial charge in [0.1, 0.15) is 5.60 Å². The lowest BCUT2D eigenvalue weighted by Crippen LogP contribution is -2.39. The van der Waals surface area contributed by atoms with E-state index < -0.39 is 5.60 Å². The molecule has 5 nitrogen and oxygen atoms in total. The number of rotatable bonds is 1. The highest BCUT2D eigenvalue weighted by Gasteiger charge is 2.28. The van der Waals surface area contributed by atoms with Crippen molar-refractivity contribution in [2.75, 3.05) is 6.54 Å². The second-order valence-electron chi connectivity index (χ2n) is 6.55. The maximum absolute atomic E-state index is 12.3. The summed E-state index contributed by atoms with van der Waals surface area (Å²) in [6.45, 7) is 6.83. The number of nitrogens with zero attached hydrogens (tertiary/aromatic N) is 2. The fraction of sp³-hybridized carbons (Fsp3) is 0.412. The van der Waals surface area contributed by atoms with Crippen LogP contribution in [-0.2, 0) is 17.7 Å². The molecule has 1 amide bonds. The normalized spacial score (nSPS) is 14.6. The Kier molecular flexibility index (Phi) is 3.64. The number of hydrogen-bond donors (Lipinski definition) is 1. The van der Waals surface area contributed by atoms with Crippen LogP contribution in [0.3, 0.4) is 0 Å². The van der Waals surface area contributed by atoms with E-state index >= 15 is 0 Å². The molecule has 0 saturated heterocycles. The van der Waals surface area contributed by atoms with Gasteiger partial charge in [0.25, 0.3) is 0 Å². The molecule has 22 heavy (non-hydrogen) atoms. The minimum absolute atomic E-state index is 0.265. The maximum Gasteiger partial charge on any atom is 0.410 e. The van der Waals surface area contributed by atoms with E-state index in [9.17, 15) is 4.79 Å². The number of hydrogen-bond acceptors (Lipinski definition) is 3. The van der Waals surface area contributed by atoms with Crippen LogP contribution < -0.4 is 0 Å². The smallest absolute Gasteiger partial charge is 0.410 e. The average molecular weight is 299 g/mol. The van der Waals surface area contributed by atoms with Crippen molar-refractivity contribution in [3.63, 3.8) is 0 Å². The predicted molar refractivity (Wildman–Crippen MR) is 84.4 cm³/mol.